The quantitative estimate of drug-likeness (QED) is 0.161. The molecular formula is C49H41NS. The summed E-state index contributed by atoms with van der Waals surface area (Å²) in [5.74, 6) is 0. The summed E-state index contributed by atoms with van der Waals surface area (Å²) in [7, 11) is 0. The molecular weight excluding hydrogens is 635 g/mol. The molecule has 0 saturated carbocycles. The van der Waals surface area contributed by atoms with Crippen molar-refractivity contribution in [3.8, 4) is 16.8 Å². The van der Waals surface area contributed by atoms with Gasteiger partial charge in [0.05, 0.1) is 11.0 Å². The van der Waals surface area contributed by atoms with Crippen molar-refractivity contribution in [2.45, 2.75) is 34.6 Å². The third-order valence-electron chi connectivity index (χ3n) is 10.1. The molecule has 0 bridgehead atoms. The molecule has 51 heavy (non-hydrogen) atoms. The second kappa shape index (κ2) is 13.5. The van der Waals surface area contributed by atoms with E-state index in [1.54, 1.807) is 0 Å². The van der Waals surface area contributed by atoms with E-state index >= 15 is 0 Å². The van der Waals surface area contributed by atoms with Crippen LogP contribution in [-0.2, 0) is 0 Å². The molecule has 0 N–H and O–H groups in total. The van der Waals surface area contributed by atoms with E-state index in [0.717, 1.165) is 0 Å². The van der Waals surface area contributed by atoms with Crippen molar-refractivity contribution in [2.24, 2.45) is 0 Å². The zero-order valence-corrected chi connectivity index (χ0v) is 30.7. The lowest BCUT2D eigenvalue weighted by molar-refractivity contribution is 1.18. The fraction of sp³-hybridized carbons (Fsp3) is 0.102. The van der Waals surface area contributed by atoms with E-state index in [1.165, 1.54) is 97.0 Å². The Morgan fingerprint density at radius 2 is 0.980 bits per heavy atom. The van der Waals surface area contributed by atoms with E-state index < -0.39 is 0 Å². The van der Waals surface area contributed by atoms with Crippen molar-refractivity contribution in [2.75, 3.05) is 0 Å². The summed E-state index contributed by atoms with van der Waals surface area (Å²) in [6.45, 7) is 10.7. The Hall–Kier alpha value is -5.70. The summed E-state index contributed by atoms with van der Waals surface area (Å²) in [6, 6.07) is 57.2. The molecule has 2 heteroatoms. The molecule has 8 aromatic carbocycles. The lowest BCUT2D eigenvalue weighted by atomic mass is 9.86. The fourth-order valence-corrected chi connectivity index (χ4v) is 8.95. The minimum Gasteiger partial charge on any atom is -0.309 e. The Balaban J connectivity index is 0.000000370. The first kappa shape index (κ1) is 32.5. The smallest absolute Gasteiger partial charge is 0.0548 e. The van der Waals surface area contributed by atoms with Gasteiger partial charge in [0.2, 0.25) is 0 Å². The van der Waals surface area contributed by atoms with E-state index in [-0.39, 0.29) is 0 Å². The average molecular weight is 676 g/mol. The number of hydrogen-bond acceptors (Lipinski definition) is 1. The Bertz CT molecular complexity index is 2840. The fourth-order valence-electron chi connectivity index (χ4n) is 7.82. The van der Waals surface area contributed by atoms with Crippen LogP contribution >= 0.6 is 11.3 Å². The summed E-state index contributed by atoms with van der Waals surface area (Å²) in [6.07, 6.45) is 0. The number of aromatic nitrogens is 1. The van der Waals surface area contributed by atoms with Crippen molar-refractivity contribution >= 4 is 74.9 Å². The van der Waals surface area contributed by atoms with Gasteiger partial charge in [-0.2, -0.15) is 0 Å². The number of fused-ring (bicyclic) bond motifs is 9. The van der Waals surface area contributed by atoms with Crippen LogP contribution < -0.4 is 0 Å². The molecule has 1 nitrogen and oxygen atoms in total. The maximum Gasteiger partial charge on any atom is 0.0548 e. The largest absolute Gasteiger partial charge is 0.309 e. The third kappa shape index (κ3) is 5.48. The maximum absolute atomic E-state index is 2.46. The van der Waals surface area contributed by atoms with Crippen LogP contribution in [0.4, 0.5) is 0 Å². The van der Waals surface area contributed by atoms with Gasteiger partial charge in [-0.25, -0.2) is 0 Å². The predicted octanol–water partition coefficient (Wildman–Crippen LogP) is 14.8. The number of benzene rings is 8. The van der Waals surface area contributed by atoms with Crippen LogP contribution in [0.1, 0.15) is 30.5 Å². The lowest BCUT2D eigenvalue weighted by Gasteiger charge is -2.18. The molecule has 0 fully saturated rings. The zero-order chi connectivity index (χ0) is 35.1. The summed E-state index contributed by atoms with van der Waals surface area (Å²) >= 11 is 1.89. The molecule has 10 rings (SSSR count). The normalized spacial score (nSPS) is 11.2. The topological polar surface area (TPSA) is 4.93 Å². The van der Waals surface area contributed by atoms with Gasteiger partial charge in [0.25, 0.3) is 0 Å². The molecule has 0 saturated heterocycles. The molecule has 0 aliphatic heterocycles. The molecule has 0 amide bonds. The molecule has 0 unspecified atom stereocenters. The van der Waals surface area contributed by atoms with Gasteiger partial charge in [-0.1, -0.05) is 141 Å². The first-order valence-electron chi connectivity index (χ1n) is 17.9. The van der Waals surface area contributed by atoms with Crippen LogP contribution in [0.5, 0.6) is 0 Å². The van der Waals surface area contributed by atoms with Crippen molar-refractivity contribution in [1.82, 2.24) is 4.57 Å². The number of para-hydroxylation sites is 1. The summed E-state index contributed by atoms with van der Waals surface area (Å²) < 4.78 is 5.14. The Morgan fingerprint density at radius 3 is 1.65 bits per heavy atom. The molecule has 0 aliphatic carbocycles. The monoisotopic (exact) mass is 675 g/mol. The molecule has 2 aromatic heterocycles. The third-order valence-corrected chi connectivity index (χ3v) is 11.2. The van der Waals surface area contributed by atoms with Crippen molar-refractivity contribution in [3.05, 3.63) is 174 Å². The Kier molecular flexibility index (Phi) is 8.63. The van der Waals surface area contributed by atoms with Gasteiger partial charge >= 0.3 is 0 Å². The highest BCUT2D eigenvalue weighted by molar-refractivity contribution is 7.25. The van der Waals surface area contributed by atoms with E-state index in [1.807, 2.05) is 43.4 Å². The standard InChI is InChI=1S/C40H27NS.C7H8.C2H6/c1-24-27-14-6-7-15-29(27)30-16-8-9-18-32(30)39(24)28-20-21-35-40(25(28)2)34-23-38-33(31-17-10-11-19-37(31)42-38)22-36(34)41(35)26-12-4-3-5-13-26;1-7-5-3-2-4-6-7;1-2/h3-23H,1-2H3;2-6H,1H3;1-2H3. The van der Waals surface area contributed by atoms with E-state index in [9.17, 15) is 0 Å². The first-order chi connectivity index (χ1) is 25.1. The van der Waals surface area contributed by atoms with Gasteiger partial charge in [-0.3, -0.25) is 0 Å². The second-order valence-electron chi connectivity index (χ2n) is 13.0. The van der Waals surface area contributed by atoms with Gasteiger partial charge in [0, 0.05) is 36.6 Å². The van der Waals surface area contributed by atoms with E-state index in [0.29, 0.717) is 0 Å². The maximum atomic E-state index is 2.46. The molecule has 10 aromatic rings. The van der Waals surface area contributed by atoms with Crippen LogP contribution in [0.3, 0.4) is 0 Å². The van der Waals surface area contributed by atoms with Crippen LogP contribution in [0.2, 0.25) is 0 Å². The first-order valence-corrected chi connectivity index (χ1v) is 18.8. The number of thiophene rings is 1. The molecule has 0 aliphatic rings. The van der Waals surface area contributed by atoms with Crippen molar-refractivity contribution in [1.29, 1.82) is 0 Å². The molecule has 0 atom stereocenters. The molecule has 0 radical (unpaired) electrons. The van der Waals surface area contributed by atoms with Gasteiger partial charge in [0.1, 0.15) is 0 Å². The van der Waals surface area contributed by atoms with Crippen LogP contribution in [-0.4, -0.2) is 4.57 Å². The molecule has 0 spiro atoms. The Labute approximate surface area is 304 Å². The number of nitrogens with zero attached hydrogens (tertiary/aromatic N) is 1. The highest BCUT2D eigenvalue weighted by atomic mass is 32.1. The van der Waals surface area contributed by atoms with Gasteiger partial charge in [-0.05, 0) is 101 Å². The van der Waals surface area contributed by atoms with Gasteiger partial charge in [-0.15, -0.1) is 11.3 Å². The van der Waals surface area contributed by atoms with Crippen molar-refractivity contribution in [3.63, 3.8) is 0 Å². The summed E-state index contributed by atoms with van der Waals surface area (Å²) in [5, 5.41) is 10.6. The van der Waals surface area contributed by atoms with Gasteiger partial charge < -0.3 is 4.57 Å². The lowest BCUT2D eigenvalue weighted by Crippen LogP contribution is -1.95. The van der Waals surface area contributed by atoms with Crippen molar-refractivity contribution < 1.29 is 0 Å². The van der Waals surface area contributed by atoms with E-state index in [4.69, 9.17) is 0 Å². The SMILES string of the molecule is CC.Cc1c(-c2ccc3c(c2C)c2cc4sc5ccccc5c4cc2n3-c2ccccc2)c2ccccc2c2ccccc12.Cc1ccccc1. The van der Waals surface area contributed by atoms with Crippen LogP contribution in [0, 0.1) is 20.8 Å². The minimum absolute atomic E-state index is 1.19. The highest BCUT2D eigenvalue weighted by Crippen LogP contribution is 2.45. The number of hydrogen-bond donors (Lipinski definition) is 0. The summed E-state index contributed by atoms with van der Waals surface area (Å²) in [5.41, 5.74) is 10.3. The molecule has 248 valence electrons. The minimum atomic E-state index is 1.19. The van der Waals surface area contributed by atoms with Gasteiger partial charge in [0.15, 0.2) is 0 Å². The second-order valence-corrected chi connectivity index (χ2v) is 14.1. The predicted molar refractivity (Wildman–Crippen MR) is 226 cm³/mol. The number of aryl methyl sites for hydroxylation is 3. The molecule has 2 heterocycles. The number of rotatable bonds is 2. The Morgan fingerprint density at radius 1 is 0.412 bits per heavy atom. The van der Waals surface area contributed by atoms with E-state index in [2.05, 4.69) is 165 Å². The van der Waals surface area contributed by atoms with Crippen LogP contribution in [0.25, 0.3) is 80.3 Å². The average Bonchev–Trinajstić information content (AvgIpc) is 3.71. The highest BCUT2D eigenvalue weighted by Gasteiger charge is 2.21. The summed E-state index contributed by atoms with van der Waals surface area (Å²) in [4.78, 5) is 0. The zero-order valence-electron chi connectivity index (χ0n) is 29.9. The van der Waals surface area contributed by atoms with Crippen LogP contribution in [0.15, 0.2) is 158 Å².